The topological polar surface area (TPSA) is 67.2 Å². The highest BCUT2D eigenvalue weighted by Crippen LogP contribution is 2.27. The molecule has 2 N–H and O–H groups in total. The Labute approximate surface area is 108 Å². The normalized spacial score (nSPS) is 19.2. The summed E-state index contributed by atoms with van der Waals surface area (Å²) in [5.41, 5.74) is 0.991. The fourth-order valence-corrected chi connectivity index (χ4v) is 2.43. The molecule has 1 heterocycles. The first-order valence-electron chi connectivity index (χ1n) is 5.58. The predicted molar refractivity (Wildman–Crippen MR) is 70.3 cm³/mol. The molecule has 0 saturated carbocycles. The van der Waals surface area contributed by atoms with Crippen molar-refractivity contribution < 1.29 is 4.92 Å². The minimum Gasteiger partial charge on any atom is -0.383 e. The Balaban J connectivity index is 1.98. The van der Waals surface area contributed by atoms with Gasteiger partial charge in [0, 0.05) is 34.9 Å². The molecule has 1 aromatic rings. The van der Waals surface area contributed by atoms with Crippen LogP contribution in [0.3, 0.4) is 0 Å². The van der Waals surface area contributed by atoms with Crippen LogP contribution in [0.1, 0.15) is 12.8 Å². The lowest BCUT2D eigenvalue weighted by Gasteiger charge is -2.13. The monoisotopic (exact) mass is 299 g/mol. The highest BCUT2D eigenvalue weighted by Gasteiger charge is 2.14. The number of hydrogen-bond donors (Lipinski definition) is 2. The van der Waals surface area contributed by atoms with Gasteiger partial charge in [0.15, 0.2) is 0 Å². The molecule has 1 saturated heterocycles. The maximum Gasteiger partial charge on any atom is 0.270 e. The molecule has 2 rings (SSSR count). The first kappa shape index (κ1) is 12.3. The van der Waals surface area contributed by atoms with E-state index in [9.17, 15) is 10.1 Å². The summed E-state index contributed by atoms with van der Waals surface area (Å²) in [4.78, 5) is 10.2. The van der Waals surface area contributed by atoms with Gasteiger partial charge >= 0.3 is 0 Å². The van der Waals surface area contributed by atoms with Crippen molar-refractivity contribution in [2.24, 2.45) is 0 Å². The molecule has 0 aliphatic carbocycles. The highest BCUT2D eigenvalue weighted by molar-refractivity contribution is 9.10. The summed E-state index contributed by atoms with van der Waals surface area (Å²) in [6, 6.07) is 5.26. The van der Waals surface area contributed by atoms with Crippen LogP contribution < -0.4 is 10.6 Å². The maximum atomic E-state index is 10.6. The standard InChI is InChI=1S/C11H14BrN3O2/c12-10-6-9(15(16)17)3-4-11(10)14-7-8-2-1-5-13-8/h3-4,6,8,13-14H,1-2,5,7H2. The van der Waals surface area contributed by atoms with Crippen LogP contribution in [-0.4, -0.2) is 24.1 Å². The van der Waals surface area contributed by atoms with Crippen molar-refractivity contribution in [3.05, 3.63) is 32.8 Å². The van der Waals surface area contributed by atoms with Crippen LogP contribution in [0.5, 0.6) is 0 Å². The van der Waals surface area contributed by atoms with Crippen molar-refractivity contribution in [3.63, 3.8) is 0 Å². The molecule has 0 radical (unpaired) electrons. The summed E-state index contributed by atoms with van der Waals surface area (Å²) in [6.07, 6.45) is 2.39. The van der Waals surface area contributed by atoms with Crippen LogP contribution in [0.15, 0.2) is 22.7 Å². The van der Waals surface area contributed by atoms with E-state index in [1.54, 1.807) is 6.07 Å². The molecule has 5 nitrogen and oxygen atoms in total. The van der Waals surface area contributed by atoms with Gasteiger partial charge in [0.2, 0.25) is 0 Å². The Kier molecular flexibility index (Phi) is 3.96. The third-order valence-electron chi connectivity index (χ3n) is 2.86. The fraction of sp³-hybridized carbons (Fsp3) is 0.455. The zero-order valence-electron chi connectivity index (χ0n) is 9.28. The van der Waals surface area contributed by atoms with E-state index in [1.807, 2.05) is 0 Å². The quantitative estimate of drug-likeness (QED) is 0.662. The van der Waals surface area contributed by atoms with E-state index >= 15 is 0 Å². The van der Waals surface area contributed by atoms with Crippen LogP contribution in [0.2, 0.25) is 0 Å². The summed E-state index contributed by atoms with van der Waals surface area (Å²) >= 11 is 3.34. The summed E-state index contributed by atoms with van der Waals surface area (Å²) in [5, 5.41) is 17.3. The number of nitrogens with one attached hydrogen (secondary N) is 2. The molecule has 1 aliphatic rings. The molecule has 0 bridgehead atoms. The number of nitrogens with zero attached hydrogens (tertiary/aromatic N) is 1. The van der Waals surface area contributed by atoms with Crippen molar-refractivity contribution in [1.29, 1.82) is 0 Å². The number of hydrogen-bond acceptors (Lipinski definition) is 4. The van der Waals surface area contributed by atoms with Crippen LogP contribution >= 0.6 is 15.9 Å². The minimum absolute atomic E-state index is 0.0985. The summed E-state index contributed by atoms with van der Waals surface area (Å²) in [5.74, 6) is 0. The Morgan fingerprint density at radius 1 is 1.59 bits per heavy atom. The molecule has 92 valence electrons. The van der Waals surface area contributed by atoms with Crippen molar-refractivity contribution in [1.82, 2.24) is 5.32 Å². The van der Waals surface area contributed by atoms with Gasteiger partial charge in [0.1, 0.15) is 0 Å². The van der Waals surface area contributed by atoms with E-state index in [1.165, 1.54) is 25.0 Å². The number of nitro groups is 1. The minimum atomic E-state index is -0.396. The first-order chi connectivity index (χ1) is 8.16. The van der Waals surface area contributed by atoms with E-state index < -0.39 is 4.92 Å². The molecule has 0 spiro atoms. The van der Waals surface area contributed by atoms with Gasteiger partial charge in [-0.1, -0.05) is 0 Å². The lowest BCUT2D eigenvalue weighted by molar-refractivity contribution is -0.384. The summed E-state index contributed by atoms with van der Waals surface area (Å²) < 4.78 is 0.727. The second-order valence-corrected chi connectivity index (χ2v) is 4.95. The molecule has 1 aliphatic heterocycles. The number of anilines is 1. The van der Waals surface area contributed by atoms with Crippen molar-refractivity contribution in [2.75, 3.05) is 18.4 Å². The van der Waals surface area contributed by atoms with E-state index in [4.69, 9.17) is 0 Å². The van der Waals surface area contributed by atoms with E-state index in [0.717, 1.165) is 23.2 Å². The predicted octanol–water partition coefficient (Wildman–Crippen LogP) is 2.52. The van der Waals surface area contributed by atoms with Crippen LogP contribution in [0, 0.1) is 10.1 Å². The number of non-ortho nitro benzene ring substituents is 1. The molecular weight excluding hydrogens is 286 g/mol. The lowest BCUT2D eigenvalue weighted by Crippen LogP contribution is -2.29. The third kappa shape index (κ3) is 3.17. The molecule has 6 heteroatoms. The van der Waals surface area contributed by atoms with E-state index in [-0.39, 0.29) is 5.69 Å². The molecule has 1 fully saturated rings. The number of halogens is 1. The Hall–Kier alpha value is -1.14. The van der Waals surface area contributed by atoms with Gasteiger partial charge in [-0.2, -0.15) is 0 Å². The molecule has 1 atom stereocenters. The van der Waals surface area contributed by atoms with Gasteiger partial charge in [0.05, 0.1) is 4.92 Å². The highest BCUT2D eigenvalue weighted by atomic mass is 79.9. The van der Waals surface area contributed by atoms with Gasteiger partial charge in [-0.05, 0) is 41.4 Å². The average molecular weight is 300 g/mol. The van der Waals surface area contributed by atoms with Gasteiger partial charge in [0.25, 0.3) is 5.69 Å². The number of rotatable bonds is 4. The van der Waals surface area contributed by atoms with Crippen molar-refractivity contribution in [2.45, 2.75) is 18.9 Å². The van der Waals surface area contributed by atoms with Gasteiger partial charge in [-0.15, -0.1) is 0 Å². The third-order valence-corrected chi connectivity index (χ3v) is 3.52. The fourth-order valence-electron chi connectivity index (χ4n) is 1.93. The van der Waals surface area contributed by atoms with Gasteiger partial charge in [-0.3, -0.25) is 10.1 Å². The summed E-state index contributed by atoms with van der Waals surface area (Å²) in [6.45, 7) is 1.92. The second kappa shape index (κ2) is 5.46. The number of benzene rings is 1. The summed E-state index contributed by atoms with van der Waals surface area (Å²) in [7, 11) is 0. The SMILES string of the molecule is O=[N+]([O-])c1ccc(NCC2CCCN2)c(Br)c1. The van der Waals surface area contributed by atoms with Crippen molar-refractivity contribution >= 4 is 27.3 Å². The van der Waals surface area contributed by atoms with E-state index in [0.29, 0.717) is 6.04 Å². The first-order valence-corrected chi connectivity index (χ1v) is 6.37. The zero-order chi connectivity index (χ0) is 12.3. The smallest absolute Gasteiger partial charge is 0.270 e. The van der Waals surface area contributed by atoms with Crippen LogP contribution in [-0.2, 0) is 0 Å². The van der Waals surface area contributed by atoms with Crippen LogP contribution in [0.4, 0.5) is 11.4 Å². The molecule has 1 aromatic carbocycles. The molecule has 0 amide bonds. The molecular formula is C11H14BrN3O2. The average Bonchev–Trinajstić information content (AvgIpc) is 2.80. The number of nitro benzene ring substituents is 1. The maximum absolute atomic E-state index is 10.6. The zero-order valence-corrected chi connectivity index (χ0v) is 10.9. The second-order valence-electron chi connectivity index (χ2n) is 4.10. The van der Waals surface area contributed by atoms with Crippen molar-refractivity contribution in [3.8, 4) is 0 Å². The van der Waals surface area contributed by atoms with Gasteiger partial charge in [-0.25, -0.2) is 0 Å². The Morgan fingerprint density at radius 2 is 2.41 bits per heavy atom. The Bertz CT molecular complexity index is 419. The molecule has 17 heavy (non-hydrogen) atoms. The largest absolute Gasteiger partial charge is 0.383 e. The van der Waals surface area contributed by atoms with E-state index in [2.05, 4.69) is 26.6 Å². The molecule has 0 aromatic heterocycles. The molecule has 1 unspecified atom stereocenters. The van der Waals surface area contributed by atoms with Crippen LogP contribution in [0.25, 0.3) is 0 Å². The van der Waals surface area contributed by atoms with Gasteiger partial charge < -0.3 is 10.6 Å². The Morgan fingerprint density at radius 3 is 3.00 bits per heavy atom. The lowest BCUT2D eigenvalue weighted by atomic mass is 10.2.